The number of nitrogens with zero attached hydrogens (tertiary/aromatic N) is 1. The van der Waals surface area contributed by atoms with Gasteiger partial charge in [0.15, 0.2) is 0 Å². The monoisotopic (exact) mass is 413 g/mol. The van der Waals surface area contributed by atoms with Gasteiger partial charge in [-0.3, -0.25) is 4.79 Å². The van der Waals surface area contributed by atoms with E-state index < -0.39 is 4.75 Å². The summed E-state index contributed by atoms with van der Waals surface area (Å²) < 4.78 is 10.2. The van der Waals surface area contributed by atoms with E-state index in [4.69, 9.17) is 9.47 Å². The molecule has 1 amide bonds. The third-order valence-electron chi connectivity index (χ3n) is 5.50. The molecular weight excluding hydrogens is 386 g/mol. The second-order valence-electron chi connectivity index (χ2n) is 7.03. The van der Waals surface area contributed by atoms with E-state index in [-0.39, 0.29) is 11.9 Å². The molecule has 1 saturated heterocycles. The molecule has 0 aromatic heterocycles. The molecule has 0 spiro atoms. The molecule has 1 aliphatic rings. The van der Waals surface area contributed by atoms with Gasteiger partial charge in [0.1, 0.15) is 22.5 Å². The molecule has 2 unspecified atom stereocenters. The second-order valence-corrected chi connectivity index (χ2v) is 8.43. The van der Waals surface area contributed by atoms with Crippen LogP contribution < -0.4 is 9.47 Å². The van der Waals surface area contributed by atoms with E-state index in [1.807, 2.05) is 60.4 Å². The number of hydrogen-bond donors (Lipinski definition) is 0. The Bertz CT molecular complexity index is 857. The summed E-state index contributed by atoms with van der Waals surface area (Å²) in [5.41, 5.74) is 0.923. The zero-order chi connectivity index (χ0) is 20.9. The van der Waals surface area contributed by atoms with Crippen LogP contribution in [0.25, 0.3) is 0 Å². The topological polar surface area (TPSA) is 55.8 Å². The van der Waals surface area contributed by atoms with Crippen LogP contribution in [0.15, 0.2) is 53.4 Å². The summed E-state index contributed by atoms with van der Waals surface area (Å²) >= 11 is 1.62. The molecular formula is C23H27NO4S. The lowest BCUT2D eigenvalue weighted by Gasteiger charge is -2.55. The number of carbonyl (C=O) groups excluding carboxylic acids is 2. The van der Waals surface area contributed by atoms with Gasteiger partial charge in [0, 0.05) is 29.5 Å². The van der Waals surface area contributed by atoms with Gasteiger partial charge >= 0.3 is 0 Å². The van der Waals surface area contributed by atoms with Gasteiger partial charge in [0.05, 0.1) is 20.3 Å². The number of carbonyl (C=O) groups is 2. The molecule has 29 heavy (non-hydrogen) atoms. The Morgan fingerprint density at radius 3 is 2.52 bits per heavy atom. The standard InChI is InChI=1S/C23H27NO4S/c1-4-23(29-19-9-6-5-7-10-19)21(11-8-14-25)24(22(23)26)16-17-12-13-18(27-2)15-20(17)28-3/h5-7,9-10,12-15,21H,4,8,11,16H2,1-3H3. The Hall–Kier alpha value is -2.47. The maximum Gasteiger partial charge on any atom is 0.241 e. The first-order valence-corrected chi connectivity index (χ1v) is 10.6. The molecule has 0 bridgehead atoms. The highest BCUT2D eigenvalue weighted by atomic mass is 32.2. The van der Waals surface area contributed by atoms with Crippen LogP contribution in [0, 0.1) is 0 Å². The van der Waals surface area contributed by atoms with E-state index in [1.165, 1.54) is 0 Å². The Morgan fingerprint density at radius 2 is 1.90 bits per heavy atom. The molecule has 1 heterocycles. The lowest BCUT2D eigenvalue weighted by Crippen LogP contribution is -2.71. The summed E-state index contributed by atoms with van der Waals surface area (Å²) in [4.78, 5) is 27.4. The predicted octanol–water partition coefficient (Wildman–Crippen LogP) is 4.33. The molecule has 0 N–H and O–H groups in total. The Morgan fingerprint density at radius 1 is 1.14 bits per heavy atom. The van der Waals surface area contributed by atoms with Crippen LogP contribution in [0.2, 0.25) is 0 Å². The highest BCUT2D eigenvalue weighted by Gasteiger charge is 2.59. The fourth-order valence-corrected chi connectivity index (χ4v) is 5.39. The highest BCUT2D eigenvalue weighted by molar-refractivity contribution is 8.01. The predicted molar refractivity (Wildman–Crippen MR) is 115 cm³/mol. The van der Waals surface area contributed by atoms with Gasteiger partial charge < -0.3 is 19.2 Å². The van der Waals surface area contributed by atoms with Crippen molar-refractivity contribution >= 4 is 24.0 Å². The minimum Gasteiger partial charge on any atom is -0.497 e. The molecule has 0 aliphatic carbocycles. The van der Waals surface area contributed by atoms with Gasteiger partial charge in [-0.25, -0.2) is 0 Å². The minimum absolute atomic E-state index is 0.0118. The van der Waals surface area contributed by atoms with Crippen LogP contribution in [-0.2, 0) is 16.1 Å². The van der Waals surface area contributed by atoms with Crippen LogP contribution in [0.4, 0.5) is 0 Å². The molecule has 6 heteroatoms. The lowest BCUT2D eigenvalue weighted by atomic mass is 9.81. The molecule has 2 atom stereocenters. The van der Waals surface area contributed by atoms with Crippen molar-refractivity contribution in [1.82, 2.24) is 4.90 Å². The summed E-state index contributed by atoms with van der Waals surface area (Å²) in [6.07, 6.45) is 2.74. The SMILES string of the molecule is CCC1(Sc2ccccc2)C(=O)N(Cc2ccc(OC)cc2OC)C1CCC=O. The second kappa shape index (κ2) is 9.35. The Kier molecular flexibility index (Phi) is 6.85. The van der Waals surface area contributed by atoms with Gasteiger partial charge in [0.2, 0.25) is 5.91 Å². The van der Waals surface area contributed by atoms with Gasteiger partial charge in [-0.2, -0.15) is 0 Å². The van der Waals surface area contributed by atoms with E-state index in [2.05, 4.69) is 0 Å². The first kappa shape index (κ1) is 21.2. The van der Waals surface area contributed by atoms with Crippen LogP contribution >= 0.6 is 11.8 Å². The third kappa shape index (κ3) is 4.13. The van der Waals surface area contributed by atoms with Gasteiger partial charge in [-0.15, -0.1) is 11.8 Å². The number of hydrogen-bond acceptors (Lipinski definition) is 5. The normalized spacial score (nSPS) is 20.9. The van der Waals surface area contributed by atoms with Crippen LogP contribution in [0.5, 0.6) is 11.5 Å². The zero-order valence-electron chi connectivity index (χ0n) is 17.1. The molecule has 0 radical (unpaired) electrons. The fraction of sp³-hybridized carbons (Fsp3) is 0.391. The molecule has 1 aliphatic heterocycles. The summed E-state index contributed by atoms with van der Waals surface area (Å²) in [5.74, 6) is 1.51. The van der Waals surface area contributed by atoms with Crippen molar-refractivity contribution in [2.24, 2.45) is 0 Å². The third-order valence-corrected chi connectivity index (χ3v) is 7.11. The maximum atomic E-state index is 13.4. The quantitative estimate of drug-likeness (QED) is 0.429. The van der Waals surface area contributed by atoms with Crippen LogP contribution in [0.3, 0.4) is 0 Å². The molecule has 154 valence electrons. The fourth-order valence-electron chi connectivity index (χ4n) is 3.95. The summed E-state index contributed by atoms with van der Waals surface area (Å²) in [6, 6.07) is 15.6. The van der Waals surface area contributed by atoms with Crippen molar-refractivity contribution in [1.29, 1.82) is 0 Å². The number of ether oxygens (including phenoxy) is 2. The molecule has 1 fully saturated rings. The molecule has 5 nitrogen and oxygen atoms in total. The van der Waals surface area contributed by atoms with E-state index in [0.29, 0.717) is 37.3 Å². The average Bonchev–Trinajstić information content (AvgIpc) is 2.77. The van der Waals surface area contributed by atoms with Crippen molar-refractivity contribution in [3.8, 4) is 11.5 Å². The number of aldehydes is 1. The molecule has 3 rings (SSSR count). The minimum atomic E-state index is -0.538. The van der Waals surface area contributed by atoms with Gasteiger partial charge in [-0.05, 0) is 37.1 Å². The molecule has 0 saturated carbocycles. The molecule has 2 aromatic rings. The van der Waals surface area contributed by atoms with Crippen molar-refractivity contribution in [3.05, 3.63) is 54.1 Å². The van der Waals surface area contributed by atoms with Crippen molar-refractivity contribution < 1.29 is 19.1 Å². The summed E-state index contributed by atoms with van der Waals surface area (Å²) in [5, 5.41) is 0. The van der Waals surface area contributed by atoms with Crippen molar-refractivity contribution in [2.75, 3.05) is 14.2 Å². The number of thioether (sulfide) groups is 1. The van der Waals surface area contributed by atoms with E-state index in [0.717, 1.165) is 16.7 Å². The van der Waals surface area contributed by atoms with E-state index in [9.17, 15) is 9.59 Å². The average molecular weight is 414 g/mol. The summed E-state index contributed by atoms with van der Waals surface area (Å²) in [6.45, 7) is 2.50. The number of likely N-dealkylation sites (tertiary alicyclic amines) is 1. The maximum absolute atomic E-state index is 13.4. The smallest absolute Gasteiger partial charge is 0.241 e. The number of β-lactam (4-membered cyclic amide) rings is 1. The Labute approximate surface area is 176 Å². The largest absolute Gasteiger partial charge is 0.497 e. The van der Waals surface area contributed by atoms with Crippen molar-refractivity contribution in [3.63, 3.8) is 0 Å². The number of amides is 1. The Balaban J connectivity index is 1.87. The van der Waals surface area contributed by atoms with E-state index >= 15 is 0 Å². The highest BCUT2D eigenvalue weighted by Crippen LogP contribution is 2.50. The van der Waals surface area contributed by atoms with Gasteiger partial charge in [0.25, 0.3) is 0 Å². The number of benzene rings is 2. The first-order chi connectivity index (χ1) is 14.1. The van der Waals surface area contributed by atoms with Crippen LogP contribution in [0.1, 0.15) is 31.7 Å². The number of rotatable bonds is 10. The molecule has 2 aromatic carbocycles. The van der Waals surface area contributed by atoms with Crippen LogP contribution in [-0.4, -0.2) is 42.1 Å². The lowest BCUT2D eigenvalue weighted by molar-refractivity contribution is -0.154. The first-order valence-electron chi connectivity index (χ1n) is 9.79. The summed E-state index contributed by atoms with van der Waals surface area (Å²) in [7, 11) is 3.22. The zero-order valence-corrected chi connectivity index (χ0v) is 17.9. The number of methoxy groups -OCH3 is 2. The van der Waals surface area contributed by atoms with Crippen molar-refractivity contribution in [2.45, 2.75) is 48.4 Å². The van der Waals surface area contributed by atoms with Gasteiger partial charge in [-0.1, -0.05) is 25.1 Å². The van der Waals surface area contributed by atoms with E-state index in [1.54, 1.807) is 26.0 Å².